The monoisotopic (exact) mass is 211 g/mol. The Bertz CT molecular complexity index is 409. The van der Waals surface area contributed by atoms with Gasteiger partial charge in [0.2, 0.25) is 0 Å². The molecule has 1 heterocycles. The van der Waals surface area contributed by atoms with Gasteiger partial charge in [0.15, 0.2) is 0 Å². The van der Waals surface area contributed by atoms with E-state index < -0.39 is 11.9 Å². The maximum Gasteiger partial charge on any atom is 0.340 e. The smallest absolute Gasteiger partial charge is 0.340 e. The normalized spacial score (nSPS) is 26.4. The van der Waals surface area contributed by atoms with Crippen molar-refractivity contribution in [2.75, 3.05) is 0 Å². The molecular formula is C9H13N3O3. The minimum Gasteiger partial charge on any atom is -0.481 e. The van der Waals surface area contributed by atoms with Crippen molar-refractivity contribution in [2.24, 2.45) is 5.92 Å². The molecule has 0 bridgehead atoms. The summed E-state index contributed by atoms with van der Waals surface area (Å²) >= 11 is 0. The highest BCUT2D eigenvalue weighted by molar-refractivity contribution is 5.71. The number of carboxylic acids is 1. The average molecular weight is 211 g/mol. The molecule has 82 valence electrons. The summed E-state index contributed by atoms with van der Waals surface area (Å²) in [6.07, 6.45) is 3.36. The van der Waals surface area contributed by atoms with Crippen LogP contribution in [0.5, 0.6) is 0 Å². The van der Waals surface area contributed by atoms with E-state index in [0.717, 1.165) is 19.3 Å². The number of nitrogens with one attached hydrogen (secondary N) is 2. The van der Waals surface area contributed by atoms with Gasteiger partial charge >= 0.3 is 11.7 Å². The van der Waals surface area contributed by atoms with Crippen LogP contribution < -0.4 is 5.69 Å². The van der Waals surface area contributed by atoms with Crippen molar-refractivity contribution in [3.63, 3.8) is 0 Å². The van der Waals surface area contributed by atoms with Crippen LogP contribution in [0, 0.1) is 5.92 Å². The van der Waals surface area contributed by atoms with Gasteiger partial charge in [0, 0.05) is 5.92 Å². The molecular weight excluding hydrogens is 198 g/mol. The second kappa shape index (κ2) is 3.88. The van der Waals surface area contributed by atoms with E-state index in [1.54, 1.807) is 0 Å². The van der Waals surface area contributed by atoms with Crippen molar-refractivity contribution in [3.8, 4) is 0 Å². The Labute approximate surface area is 85.7 Å². The predicted octanol–water partition coefficient (Wildman–Crippen LogP) is 0.456. The van der Waals surface area contributed by atoms with Crippen LogP contribution in [0.4, 0.5) is 0 Å². The molecule has 0 aliphatic heterocycles. The highest BCUT2D eigenvalue weighted by Gasteiger charge is 2.33. The van der Waals surface area contributed by atoms with Crippen LogP contribution in [0.3, 0.4) is 0 Å². The maximum atomic E-state index is 11.0. The van der Waals surface area contributed by atoms with E-state index >= 15 is 0 Å². The van der Waals surface area contributed by atoms with Gasteiger partial charge in [0.1, 0.15) is 5.82 Å². The third-order valence-electron chi connectivity index (χ3n) is 2.95. The molecule has 15 heavy (non-hydrogen) atoms. The fraction of sp³-hybridized carbons (Fsp3) is 0.667. The zero-order chi connectivity index (χ0) is 10.8. The number of carbonyl (C=O) groups is 1. The Balaban J connectivity index is 2.25. The summed E-state index contributed by atoms with van der Waals surface area (Å²) in [5, 5.41) is 15.1. The molecule has 2 rings (SSSR count). The van der Waals surface area contributed by atoms with Crippen molar-refractivity contribution in [2.45, 2.75) is 31.6 Å². The number of carboxylic acid groups (broad SMARTS) is 1. The number of hydrogen-bond donors (Lipinski definition) is 3. The Hall–Kier alpha value is -1.59. The minimum absolute atomic E-state index is 0.157. The summed E-state index contributed by atoms with van der Waals surface area (Å²) in [5.41, 5.74) is -0.375. The number of aromatic amines is 2. The summed E-state index contributed by atoms with van der Waals surface area (Å²) in [7, 11) is 0. The standard InChI is InChI=1S/C9H13N3O3/c13-8(14)6-4-2-1-3-5(6)7-10-9(15)12-11-7/h5-6H,1-4H2,(H,13,14)(H2,10,11,12,15). The van der Waals surface area contributed by atoms with Crippen LogP contribution in [0.1, 0.15) is 37.4 Å². The molecule has 6 heteroatoms. The van der Waals surface area contributed by atoms with E-state index in [1.165, 1.54) is 0 Å². The van der Waals surface area contributed by atoms with Crippen LogP contribution in [0.25, 0.3) is 0 Å². The van der Waals surface area contributed by atoms with Gasteiger partial charge < -0.3 is 5.11 Å². The zero-order valence-electron chi connectivity index (χ0n) is 8.19. The molecule has 2 atom stereocenters. The molecule has 3 N–H and O–H groups in total. The van der Waals surface area contributed by atoms with Crippen LogP contribution in [-0.2, 0) is 4.79 Å². The lowest BCUT2D eigenvalue weighted by atomic mass is 9.79. The number of nitrogens with zero attached hydrogens (tertiary/aromatic N) is 1. The molecule has 0 amide bonds. The van der Waals surface area contributed by atoms with E-state index in [0.29, 0.717) is 12.2 Å². The molecule has 2 unspecified atom stereocenters. The summed E-state index contributed by atoms with van der Waals surface area (Å²) in [4.78, 5) is 24.4. The molecule has 1 aromatic heterocycles. The number of aromatic nitrogens is 3. The number of rotatable bonds is 2. The van der Waals surface area contributed by atoms with Gasteiger partial charge in [-0.25, -0.2) is 9.89 Å². The second-order valence-electron chi connectivity index (χ2n) is 3.90. The van der Waals surface area contributed by atoms with Crippen molar-refractivity contribution in [1.29, 1.82) is 0 Å². The highest BCUT2D eigenvalue weighted by Crippen LogP contribution is 2.35. The van der Waals surface area contributed by atoms with Gasteiger partial charge in [-0.3, -0.25) is 9.78 Å². The quantitative estimate of drug-likeness (QED) is 0.661. The molecule has 1 fully saturated rings. The number of H-pyrrole nitrogens is 2. The fourth-order valence-electron chi connectivity index (χ4n) is 2.21. The lowest BCUT2D eigenvalue weighted by Crippen LogP contribution is -2.26. The first-order valence-electron chi connectivity index (χ1n) is 5.06. The van der Waals surface area contributed by atoms with E-state index in [2.05, 4.69) is 15.2 Å². The van der Waals surface area contributed by atoms with E-state index in [1.807, 2.05) is 0 Å². The molecule has 6 nitrogen and oxygen atoms in total. The van der Waals surface area contributed by atoms with E-state index in [4.69, 9.17) is 5.11 Å². The zero-order valence-corrected chi connectivity index (χ0v) is 8.19. The molecule has 1 aliphatic carbocycles. The predicted molar refractivity (Wildman–Crippen MR) is 51.5 cm³/mol. The average Bonchev–Trinajstić information content (AvgIpc) is 2.65. The first kappa shape index (κ1) is 9.95. The van der Waals surface area contributed by atoms with Gasteiger partial charge in [-0.2, -0.15) is 5.10 Å². The van der Waals surface area contributed by atoms with Crippen LogP contribution in [0.2, 0.25) is 0 Å². The number of hydrogen-bond acceptors (Lipinski definition) is 3. The first-order chi connectivity index (χ1) is 7.18. The minimum atomic E-state index is -0.802. The molecule has 0 saturated heterocycles. The summed E-state index contributed by atoms with van der Waals surface area (Å²) < 4.78 is 0. The maximum absolute atomic E-state index is 11.0. The van der Waals surface area contributed by atoms with Crippen molar-refractivity contribution in [3.05, 3.63) is 16.3 Å². The second-order valence-corrected chi connectivity index (χ2v) is 3.90. The van der Waals surface area contributed by atoms with Crippen molar-refractivity contribution in [1.82, 2.24) is 15.2 Å². The Morgan fingerprint density at radius 1 is 1.40 bits per heavy atom. The molecule has 1 aromatic rings. The lowest BCUT2D eigenvalue weighted by Gasteiger charge is -2.26. The summed E-state index contributed by atoms with van der Waals surface area (Å²) in [5.74, 6) is -0.899. The topological polar surface area (TPSA) is 98.8 Å². The van der Waals surface area contributed by atoms with Crippen LogP contribution in [-0.4, -0.2) is 26.3 Å². The van der Waals surface area contributed by atoms with Gasteiger partial charge in [0.05, 0.1) is 5.92 Å². The van der Waals surface area contributed by atoms with Gasteiger partial charge in [-0.1, -0.05) is 12.8 Å². The van der Waals surface area contributed by atoms with Crippen LogP contribution in [0.15, 0.2) is 4.79 Å². The highest BCUT2D eigenvalue weighted by atomic mass is 16.4. The molecule has 1 saturated carbocycles. The molecule has 0 radical (unpaired) electrons. The fourth-order valence-corrected chi connectivity index (χ4v) is 2.21. The molecule has 1 aliphatic rings. The van der Waals surface area contributed by atoms with Crippen LogP contribution >= 0.6 is 0 Å². The van der Waals surface area contributed by atoms with Gasteiger partial charge in [-0.05, 0) is 12.8 Å². The largest absolute Gasteiger partial charge is 0.481 e. The Morgan fingerprint density at radius 2 is 2.13 bits per heavy atom. The van der Waals surface area contributed by atoms with Gasteiger partial charge in [0.25, 0.3) is 0 Å². The Morgan fingerprint density at radius 3 is 2.73 bits per heavy atom. The SMILES string of the molecule is O=C(O)C1CCCCC1c1n[nH]c(=O)[nH]1. The van der Waals surface area contributed by atoms with Crippen molar-refractivity contribution < 1.29 is 9.90 Å². The van der Waals surface area contributed by atoms with E-state index in [-0.39, 0.29) is 11.6 Å². The third-order valence-corrected chi connectivity index (χ3v) is 2.95. The van der Waals surface area contributed by atoms with Gasteiger partial charge in [-0.15, -0.1) is 0 Å². The van der Waals surface area contributed by atoms with E-state index in [9.17, 15) is 9.59 Å². The van der Waals surface area contributed by atoms with Crippen molar-refractivity contribution >= 4 is 5.97 Å². The third kappa shape index (κ3) is 1.93. The number of aliphatic carboxylic acids is 1. The lowest BCUT2D eigenvalue weighted by molar-refractivity contribution is -0.143. The summed E-state index contributed by atoms with van der Waals surface area (Å²) in [6, 6.07) is 0. The molecule has 0 aromatic carbocycles. The Kier molecular flexibility index (Phi) is 2.57. The first-order valence-corrected chi connectivity index (χ1v) is 5.06. The summed E-state index contributed by atoms with van der Waals surface area (Å²) in [6.45, 7) is 0. The molecule has 0 spiro atoms.